The van der Waals surface area contributed by atoms with Crippen LogP contribution in [0.4, 0.5) is 5.69 Å². The van der Waals surface area contributed by atoms with Gasteiger partial charge in [-0.25, -0.2) is 4.79 Å². The summed E-state index contributed by atoms with van der Waals surface area (Å²) in [5, 5.41) is 2.63. The van der Waals surface area contributed by atoms with Crippen molar-refractivity contribution in [3.63, 3.8) is 0 Å². The van der Waals surface area contributed by atoms with Crippen LogP contribution in [0.25, 0.3) is 6.08 Å². The molecule has 0 radical (unpaired) electrons. The first-order valence-electron chi connectivity index (χ1n) is 8.14. The minimum Gasteiger partial charge on any atom is -0.482 e. The number of rotatable bonds is 6. The number of hydrogen-bond acceptors (Lipinski definition) is 6. The Hall–Kier alpha value is -3.06. The van der Waals surface area contributed by atoms with E-state index in [-0.39, 0.29) is 24.9 Å². The van der Waals surface area contributed by atoms with Crippen LogP contribution in [0.3, 0.4) is 0 Å². The third kappa shape index (κ3) is 4.98. The Morgan fingerprint density at radius 1 is 1.22 bits per heavy atom. The smallest absolute Gasteiger partial charge is 0.331 e. The molecule has 0 aromatic heterocycles. The van der Waals surface area contributed by atoms with E-state index in [1.165, 1.54) is 12.1 Å². The monoisotopic (exact) mass is 383 g/mol. The Bertz CT molecular complexity index is 905. The normalized spacial score (nSPS) is 12.9. The van der Waals surface area contributed by atoms with Crippen molar-refractivity contribution in [3.8, 4) is 5.75 Å². The molecule has 1 N–H and O–H groups in total. The molecule has 0 saturated carbocycles. The van der Waals surface area contributed by atoms with Crippen LogP contribution >= 0.6 is 11.8 Å². The first kappa shape index (κ1) is 18.7. The molecule has 27 heavy (non-hydrogen) atoms. The number of benzene rings is 2. The zero-order chi connectivity index (χ0) is 19.2. The predicted octanol–water partition coefficient (Wildman–Crippen LogP) is 3.18. The molecule has 6 nitrogen and oxygen atoms in total. The van der Waals surface area contributed by atoms with Crippen LogP contribution in [-0.2, 0) is 14.3 Å². The van der Waals surface area contributed by atoms with Gasteiger partial charge in [0, 0.05) is 16.5 Å². The first-order valence-corrected chi connectivity index (χ1v) is 9.36. The molecule has 138 valence electrons. The largest absolute Gasteiger partial charge is 0.482 e. The summed E-state index contributed by atoms with van der Waals surface area (Å²) in [5.74, 6) is -0.761. The third-order valence-electron chi connectivity index (χ3n) is 3.81. The van der Waals surface area contributed by atoms with Gasteiger partial charge in [-0.05, 0) is 48.2 Å². The van der Waals surface area contributed by atoms with Crippen molar-refractivity contribution < 1.29 is 23.9 Å². The van der Waals surface area contributed by atoms with Gasteiger partial charge in [-0.1, -0.05) is 12.1 Å². The van der Waals surface area contributed by atoms with E-state index in [2.05, 4.69) is 5.32 Å². The number of carbonyl (C=O) groups excluding carboxylic acids is 3. The maximum absolute atomic E-state index is 12.2. The molecule has 0 fully saturated rings. The first-order chi connectivity index (χ1) is 13.0. The second kappa shape index (κ2) is 8.55. The number of Topliss-reactive ketones (excluding diaryl/α,β-unsaturated/α-hetero) is 1. The van der Waals surface area contributed by atoms with E-state index in [0.717, 1.165) is 10.5 Å². The van der Waals surface area contributed by atoms with Crippen molar-refractivity contribution in [1.82, 2.24) is 0 Å². The highest BCUT2D eigenvalue weighted by molar-refractivity contribution is 7.98. The fourth-order valence-electron chi connectivity index (χ4n) is 2.40. The Labute approximate surface area is 160 Å². The van der Waals surface area contributed by atoms with Crippen molar-refractivity contribution in [1.29, 1.82) is 0 Å². The summed E-state index contributed by atoms with van der Waals surface area (Å²) in [7, 11) is 0. The van der Waals surface area contributed by atoms with E-state index >= 15 is 0 Å². The molecule has 0 aliphatic carbocycles. The molecular formula is C20H17NO5S. The summed E-state index contributed by atoms with van der Waals surface area (Å²) >= 11 is 1.64. The molecule has 0 spiro atoms. The lowest BCUT2D eigenvalue weighted by molar-refractivity contribution is -0.136. The molecule has 2 aromatic carbocycles. The molecule has 0 unspecified atom stereocenters. The fourth-order valence-corrected chi connectivity index (χ4v) is 2.81. The number of ketones is 1. The molecule has 0 atom stereocenters. The van der Waals surface area contributed by atoms with Crippen LogP contribution in [-0.4, -0.2) is 37.1 Å². The number of anilines is 1. The van der Waals surface area contributed by atoms with E-state index in [1.807, 2.05) is 30.5 Å². The number of ether oxygens (including phenoxy) is 2. The van der Waals surface area contributed by atoms with E-state index < -0.39 is 5.97 Å². The van der Waals surface area contributed by atoms with Gasteiger partial charge >= 0.3 is 5.97 Å². The number of nitrogens with one attached hydrogen (secondary N) is 1. The van der Waals surface area contributed by atoms with Crippen molar-refractivity contribution in [2.45, 2.75) is 4.90 Å². The highest BCUT2D eigenvalue weighted by Crippen LogP contribution is 2.28. The topological polar surface area (TPSA) is 81.7 Å². The highest BCUT2D eigenvalue weighted by atomic mass is 32.2. The summed E-state index contributed by atoms with van der Waals surface area (Å²) in [6.45, 7) is -0.438. The molecule has 0 bridgehead atoms. The van der Waals surface area contributed by atoms with Gasteiger partial charge in [-0.15, -0.1) is 11.8 Å². The number of thioether (sulfide) groups is 1. The van der Waals surface area contributed by atoms with Crippen LogP contribution < -0.4 is 10.1 Å². The minimum atomic E-state index is -0.605. The zero-order valence-corrected chi connectivity index (χ0v) is 15.4. The van der Waals surface area contributed by atoms with Gasteiger partial charge in [0.05, 0.1) is 5.69 Å². The fraction of sp³-hybridized carbons (Fsp3) is 0.150. The highest BCUT2D eigenvalue weighted by Gasteiger charge is 2.18. The summed E-state index contributed by atoms with van der Waals surface area (Å²) < 4.78 is 10.2. The van der Waals surface area contributed by atoms with Crippen LogP contribution in [0.15, 0.2) is 53.4 Å². The van der Waals surface area contributed by atoms with Gasteiger partial charge in [0.1, 0.15) is 5.75 Å². The molecule has 1 aliphatic rings. The lowest BCUT2D eigenvalue weighted by Crippen LogP contribution is -2.25. The Kier molecular flexibility index (Phi) is 5.93. The number of carbonyl (C=O) groups is 3. The SMILES string of the molecule is CSc1ccc(/C=C/C(=O)OCC(=O)c2ccc3c(c2)NC(=O)CO3)cc1. The molecule has 1 amide bonds. The maximum atomic E-state index is 12.2. The molecule has 1 aliphatic heterocycles. The summed E-state index contributed by atoms with van der Waals surface area (Å²) in [4.78, 5) is 36.5. The van der Waals surface area contributed by atoms with Crippen molar-refractivity contribution in [2.24, 2.45) is 0 Å². The number of esters is 1. The molecule has 7 heteroatoms. The zero-order valence-electron chi connectivity index (χ0n) is 14.6. The Morgan fingerprint density at radius 3 is 2.74 bits per heavy atom. The van der Waals surface area contributed by atoms with E-state index in [9.17, 15) is 14.4 Å². The van der Waals surface area contributed by atoms with Crippen LogP contribution in [0.5, 0.6) is 5.75 Å². The summed E-state index contributed by atoms with van der Waals surface area (Å²) in [6.07, 6.45) is 4.90. The van der Waals surface area contributed by atoms with Crippen LogP contribution in [0.2, 0.25) is 0 Å². The van der Waals surface area contributed by atoms with Crippen LogP contribution in [0, 0.1) is 0 Å². The van der Waals surface area contributed by atoms with Gasteiger partial charge in [0.2, 0.25) is 0 Å². The lowest BCUT2D eigenvalue weighted by Gasteiger charge is -2.18. The maximum Gasteiger partial charge on any atom is 0.331 e. The van der Waals surface area contributed by atoms with Crippen LogP contribution in [0.1, 0.15) is 15.9 Å². The number of fused-ring (bicyclic) bond motifs is 1. The molecule has 0 saturated heterocycles. The van der Waals surface area contributed by atoms with Crippen molar-refractivity contribution in [2.75, 3.05) is 24.8 Å². The number of amides is 1. The lowest BCUT2D eigenvalue weighted by atomic mass is 10.1. The third-order valence-corrected chi connectivity index (χ3v) is 4.55. The standard InChI is InChI=1S/C20H17NO5S/c1-27-15-6-2-13(3-7-15)4-9-20(24)26-11-17(22)14-5-8-18-16(10-14)21-19(23)12-25-18/h2-10H,11-12H2,1H3,(H,21,23)/b9-4+. The van der Waals surface area contributed by atoms with Gasteiger partial charge in [0.25, 0.3) is 5.91 Å². The van der Waals surface area contributed by atoms with E-state index in [1.54, 1.807) is 30.0 Å². The Morgan fingerprint density at radius 2 is 2.00 bits per heavy atom. The van der Waals surface area contributed by atoms with Crippen molar-refractivity contribution >= 4 is 41.2 Å². The second-order valence-electron chi connectivity index (χ2n) is 5.69. The average molecular weight is 383 g/mol. The quantitative estimate of drug-likeness (QED) is 0.357. The van der Waals surface area contributed by atoms with E-state index in [4.69, 9.17) is 9.47 Å². The van der Waals surface area contributed by atoms with Gasteiger partial charge < -0.3 is 14.8 Å². The van der Waals surface area contributed by atoms with Gasteiger partial charge in [-0.2, -0.15) is 0 Å². The average Bonchev–Trinajstić information content (AvgIpc) is 2.70. The van der Waals surface area contributed by atoms with Gasteiger partial charge in [-0.3, -0.25) is 9.59 Å². The Balaban J connectivity index is 1.55. The summed E-state index contributed by atoms with van der Waals surface area (Å²) in [5.41, 5.74) is 1.61. The molecule has 1 heterocycles. The summed E-state index contributed by atoms with van der Waals surface area (Å²) in [6, 6.07) is 12.4. The minimum absolute atomic E-state index is 0.0513. The van der Waals surface area contributed by atoms with Crippen molar-refractivity contribution in [3.05, 3.63) is 59.7 Å². The predicted molar refractivity (Wildman–Crippen MR) is 103 cm³/mol. The number of hydrogen-bond donors (Lipinski definition) is 1. The van der Waals surface area contributed by atoms with Gasteiger partial charge in [0.15, 0.2) is 19.0 Å². The second-order valence-corrected chi connectivity index (χ2v) is 6.56. The molecule has 3 rings (SSSR count). The molecular weight excluding hydrogens is 366 g/mol. The molecule has 2 aromatic rings. The van der Waals surface area contributed by atoms with E-state index in [0.29, 0.717) is 17.0 Å².